The number of phenols is 1. The minimum absolute atomic E-state index is 0. The van der Waals surface area contributed by atoms with E-state index in [1.807, 2.05) is 24.3 Å². The minimum atomic E-state index is -0.877. The summed E-state index contributed by atoms with van der Waals surface area (Å²) in [7, 11) is 0. The van der Waals surface area contributed by atoms with Gasteiger partial charge in [0.15, 0.2) is 0 Å². The number of halogens is 1. The summed E-state index contributed by atoms with van der Waals surface area (Å²) in [6.07, 6.45) is 6.87. The van der Waals surface area contributed by atoms with Gasteiger partial charge in [-0.1, -0.05) is 142 Å². The second-order valence-corrected chi connectivity index (χ2v) is 21.6. The van der Waals surface area contributed by atoms with Crippen molar-refractivity contribution in [1.82, 2.24) is 0 Å². The number of ether oxygens (including phenoxy) is 1. The summed E-state index contributed by atoms with van der Waals surface area (Å²) >= 11 is 3.55. The van der Waals surface area contributed by atoms with Gasteiger partial charge in [0.1, 0.15) is 37.1 Å². The number of phenolic OH excluding ortho intramolecular Hbond substituents is 1. The van der Waals surface area contributed by atoms with Crippen molar-refractivity contribution >= 4 is 45.6 Å². The molecular weight excluding hydrogens is 1210 g/mol. The topological polar surface area (TPSA) is 176 Å². The number of hydrogen-bond donors (Lipinski definition) is 2. The van der Waals surface area contributed by atoms with E-state index in [0.29, 0.717) is 43.5 Å². The Kier molecular flexibility index (Phi) is 26.3. The van der Waals surface area contributed by atoms with Crippen molar-refractivity contribution in [3.05, 3.63) is 129 Å². The molecule has 8 rings (SSSR count). The number of aliphatic carboxylic acids is 1. The number of Topliss-reactive ketones (excluding diaryl/α,β-unsaturated/α-hetero) is 1. The maximum absolute atomic E-state index is 11.8. The van der Waals surface area contributed by atoms with Gasteiger partial charge in [0.05, 0.1) is 17.8 Å². The van der Waals surface area contributed by atoms with E-state index in [9.17, 15) is 14.7 Å². The largest absolute Gasteiger partial charge is 1.00 e. The van der Waals surface area contributed by atoms with Crippen molar-refractivity contribution in [3.8, 4) is 11.5 Å². The van der Waals surface area contributed by atoms with Crippen LogP contribution in [0.2, 0.25) is 0 Å². The fraction of sp³-hybridized carbons (Fsp3) is 0.482. The second kappa shape index (κ2) is 29.2. The van der Waals surface area contributed by atoms with Crippen LogP contribution in [0.1, 0.15) is 171 Å². The first-order chi connectivity index (χ1) is 32.6. The average molecular weight is 1280 g/mol. The molecule has 12 nitrogen and oxygen atoms in total. The number of carbonyl (C=O) groups is 3. The Bertz CT molecular complexity index is 2460. The molecule has 4 aliphatic rings. The van der Waals surface area contributed by atoms with Gasteiger partial charge < -0.3 is 36.2 Å². The third-order valence-corrected chi connectivity index (χ3v) is 14.6. The number of carboxylic acid groups (broad SMARTS) is 1. The molecule has 2 aliphatic carbocycles. The molecule has 2 atom stereocenters. The third kappa shape index (κ3) is 18.4. The molecule has 0 spiro atoms. The van der Waals surface area contributed by atoms with Crippen molar-refractivity contribution in [2.45, 2.75) is 159 Å². The van der Waals surface area contributed by atoms with Gasteiger partial charge in [0.25, 0.3) is 6.47 Å². The number of ketones is 1. The SMILES string of the molecule is CC(=O)CC(C1=NOCC1)c1ccc(OCc2ccc3c(c2)C(C)(C)CCC3(C)C)cc1.CC1(C)CCC(C)(C)c2cc(CBr)ccc21.O=C(O)CC(C1=NOCC1)c1ccc(O)cc1.O=CO[O-].[Cs+].[Cs+].[H-]. The van der Waals surface area contributed by atoms with E-state index in [1.54, 1.807) is 42.3 Å². The van der Waals surface area contributed by atoms with Gasteiger partial charge in [-0.15, -0.1) is 0 Å². The maximum atomic E-state index is 11.8. The van der Waals surface area contributed by atoms with Gasteiger partial charge >= 0.3 is 144 Å². The number of rotatable bonds is 13. The molecule has 2 heterocycles. The van der Waals surface area contributed by atoms with Gasteiger partial charge in [-0.25, -0.2) is 0 Å². The molecule has 4 aromatic rings. The van der Waals surface area contributed by atoms with Crippen LogP contribution in [0.5, 0.6) is 11.5 Å². The van der Waals surface area contributed by atoms with E-state index in [0.717, 1.165) is 40.1 Å². The first-order valence-corrected chi connectivity index (χ1v) is 24.9. The zero-order valence-electron chi connectivity index (χ0n) is 44.7. The summed E-state index contributed by atoms with van der Waals surface area (Å²) in [5.74, 6) is -0.0309. The molecule has 0 saturated heterocycles. The predicted octanol–water partition coefficient (Wildman–Crippen LogP) is 5.67. The van der Waals surface area contributed by atoms with E-state index >= 15 is 0 Å². The standard InChI is InChI=1S/C28H35NO3.C15H21Br.C12H13NO4.CH2O3.2Cs.H/c1-19(30)16-23(26-12-15-32-29-26)21-7-9-22(10-8-21)31-18-20-6-11-24-25(17-20)28(4,5)14-13-27(24,2)3;1-14(2)7-8-15(3,4)13-9-11(10-16)5-6-12(13)14;14-9-3-1-8(2-4-9)10(7-12(15)16)11-5-6-17-13-11;2-1-4-3;;;/h6-11,17,23H,12-16,18H2,1-5H3;5-6,9H,7-8,10H2,1-4H3;1-4,10,14H,5-7H2,(H,15,16);1,3H;;;/q;;;;2*+1;-1/p-1. The van der Waals surface area contributed by atoms with Gasteiger partial charge in [0.2, 0.25) is 0 Å². The Morgan fingerprint density at radius 1 is 0.690 bits per heavy atom. The number of benzene rings is 4. The molecule has 4 aromatic carbocycles. The van der Waals surface area contributed by atoms with Crippen molar-refractivity contribution in [2.75, 3.05) is 13.2 Å². The summed E-state index contributed by atoms with van der Waals surface area (Å²) in [5.41, 5.74) is 13.3. The molecule has 0 fully saturated rings. The quantitative estimate of drug-likeness (QED) is 0.0735. The number of carboxylic acids is 1. The van der Waals surface area contributed by atoms with Crippen molar-refractivity contribution < 1.29 is 188 Å². The van der Waals surface area contributed by atoms with Crippen LogP contribution < -0.4 is 148 Å². The van der Waals surface area contributed by atoms with Crippen LogP contribution in [0.4, 0.5) is 0 Å². The number of carbonyl (C=O) groups excluding carboxylic acids is 2. The van der Waals surface area contributed by atoms with E-state index in [-0.39, 0.29) is 186 Å². The molecule has 374 valence electrons. The summed E-state index contributed by atoms with van der Waals surface area (Å²) in [4.78, 5) is 44.0. The van der Waals surface area contributed by atoms with Crippen molar-refractivity contribution in [3.63, 3.8) is 0 Å². The van der Waals surface area contributed by atoms with Crippen LogP contribution in [-0.4, -0.2) is 53.1 Å². The first kappa shape index (κ1) is 63.9. The number of aromatic hydroxyl groups is 1. The Hall–Kier alpha value is -1.43. The van der Waals surface area contributed by atoms with E-state index in [2.05, 4.69) is 123 Å². The van der Waals surface area contributed by atoms with Crippen molar-refractivity contribution in [2.24, 2.45) is 10.3 Å². The molecule has 0 bridgehead atoms. The Morgan fingerprint density at radius 3 is 1.49 bits per heavy atom. The number of hydrogen-bond acceptors (Lipinski definition) is 11. The Labute approximate surface area is 548 Å². The third-order valence-electron chi connectivity index (χ3n) is 13.9. The number of alkyl halides is 1. The summed E-state index contributed by atoms with van der Waals surface area (Å²) in [6, 6.07) is 28.4. The molecule has 71 heavy (non-hydrogen) atoms. The zero-order valence-corrected chi connectivity index (χ0v) is 57.9. The minimum Gasteiger partial charge on any atom is -1.00 e. The van der Waals surface area contributed by atoms with Crippen LogP contribution >= 0.6 is 15.9 Å². The fourth-order valence-corrected chi connectivity index (χ4v) is 9.91. The molecule has 0 saturated carbocycles. The second-order valence-electron chi connectivity index (χ2n) is 21.0. The normalized spacial score (nSPS) is 17.8. The molecule has 15 heteroatoms. The van der Waals surface area contributed by atoms with Crippen LogP contribution in [-0.2, 0) is 62.5 Å². The molecule has 2 unspecified atom stereocenters. The predicted molar refractivity (Wildman–Crippen MR) is 272 cm³/mol. The van der Waals surface area contributed by atoms with E-state index < -0.39 is 5.97 Å². The van der Waals surface area contributed by atoms with Gasteiger partial charge in [-0.2, -0.15) is 0 Å². The van der Waals surface area contributed by atoms with E-state index in [1.165, 1.54) is 47.9 Å². The van der Waals surface area contributed by atoms with Crippen molar-refractivity contribution in [1.29, 1.82) is 0 Å². The summed E-state index contributed by atoms with van der Waals surface area (Å²) in [6.45, 7) is 22.0. The smallest absolute Gasteiger partial charge is 1.00 e. The van der Waals surface area contributed by atoms with Crippen LogP contribution in [0, 0.1) is 0 Å². The van der Waals surface area contributed by atoms with Gasteiger partial charge in [-0.3, -0.25) is 14.4 Å². The molecule has 0 radical (unpaired) electrons. The van der Waals surface area contributed by atoms with E-state index in [4.69, 9.17) is 29.6 Å². The van der Waals surface area contributed by atoms with Crippen LogP contribution in [0.15, 0.2) is 95.2 Å². The van der Waals surface area contributed by atoms with Crippen LogP contribution in [0.3, 0.4) is 0 Å². The molecule has 2 aliphatic heterocycles. The summed E-state index contributed by atoms with van der Waals surface area (Å²) in [5, 5.41) is 35.5. The zero-order chi connectivity index (χ0) is 50.6. The molecule has 0 amide bonds. The Morgan fingerprint density at radius 2 is 1.10 bits per heavy atom. The van der Waals surface area contributed by atoms with Crippen LogP contribution in [0.25, 0.3) is 0 Å². The molecule has 2 N–H and O–H groups in total. The fourth-order valence-electron chi connectivity index (χ4n) is 9.56. The molecular formula is C56H71BrCs2N2O10. The molecule has 0 aromatic heterocycles. The summed E-state index contributed by atoms with van der Waals surface area (Å²) < 4.78 is 6.12. The average Bonchev–Trinajstić information content (AvgIpc) is 4.07. The number of nitrogens with zero attached hydrogens (tertiary/aromatic N) is 2. The number of oxime groups is 2. The Balaban J connectivity index is 0.000000377. The number of fused-ring (bicyclic) bond motifs is 2. The monoisotopic (exact) mass is 1280 g/mol. The maximum Gasteiger partial charge on any atom is 1.00 e. The van der Waals surface area contributed by atoms with Gasteiger partial charge in [0, 0.05) is 36.4 Å². The first-order valence-electron chi connectivity index (χ1n) is 23.8. The van der Waals surface area contributed by atoms with Gasteiger partial charge in [-0.05, 0) is 123 Å².